The Morgan fingerprint density at radius 2 is 2.06 bits per heavy atom. The highest BCUT2D eigenvalue weighted by molar-refractivity contribution is 6.30. The number of carboxylic acids is 1. The van der Waals surface area contributed by atoms with Gasteiger partial charge >= 0.3 is 5.97 Å². The first-order chi connectivity index (χ1) is 17.2. The van der Waals surface area contributed by atoms with Gasteiger partial charge in [0.2, 0.25) is 6.23 Å². The van der Waals surface area contributed by atoms with E-state index >= 15 is 0 Å². The number of hydrogen-bond acceptors (Lipinski definition) is 6. The molecule has 0 saturated heterocycles. The first-order valence-corrected chi connectivity index (χ1v) is 12.0. The lowest BCUT2D eigenvalue weighted by molar-refractivity contribution is 0.0693. The van der Waals surface area contributed by atoms with Gasteiger partial charge in [0.15, 0.2) is 16.9 Å². The van der Waals surface area contributed by atoms with E-state index in [1.54, 1.807) is 35.9 Å². The highest BCUT2D eigenvalue weighted by Gasteiger charge is 2.40. The molecule has 3 aromatic rings. The zero-order valence-corrected chi connectivity index (χ0v) is 20.9. The van der Waals surface area contributed by atoms with Crippen LogP contribution in [0.1, 0.15) is 48.0 Å². The second kappa shape index (κ2) is 9.19. The summed E-state index contributed by atoms with van der Waals surface area (Å²) in [5, 5.41) is 10.1. The van der Waals surface area contributed by atoms with Gasteiger partial charge in [-0.2, -0.15) is 0 Å². The lowest BCUT2D eigenvalue weighted by Gasteiger charge is -2.33. The Hall–Kier alpha value is -3.49. The highest BCUT2D eigenvalue weighted by Crippen LogP contribution is 2.53. The highest BCUT2D eigenvalue weighted by atomic mass is 35.5. The smallest absolute Gasteiger partial charge is 0.341 e. The summed E-state index contributed by atoms with van der Waals surface area (Å²) < 4.78 is 25.6. The van der Waals surface area contributed by atoms with Gasteiger partial charge in [0, 0.05) is 66.6 Å². The van der Waals surface area contributed by atoms with Crippen molar-refractivity contribution >= 4 is 17.6 Å². The van der Waals surface area contributed by atoms with E-state index in [4.69, 9.17) is 30.5 Å². The molecule has 188 valence electrons. The van der Waals surface area contributed by atoms with Crippen LogP contribution >= 0.6 is 11.6 Å². The van der Waals surface area contributed by atoms with E-state index in [9.17, 15) is 14.7 Å². The molecule has 5 rings (SSSR count). The van der Waals surface area contributed by atoms with Crippen LogP contribution < -0.4 is 19.6 Å². The van der Waals surface area contributed by atoms with Gasteiger partial charge in [-0.15, -0.1) is 0 Å². The molecule has 2 aliphatic heterocycles. The third-order valence-corrected chi connectivity index (χ3v) is 6.47. The molecule has 1 unspecified atom stereocenters. The zero-order chi connectivity index (χ0) is 25.6. The van der Waals surface area contributed by atoms with Crippen molar-refractivity contribution in [2.24, 2.45) is 0 Å². The fourth-order valence-electron chi connectivity index (χ4n) is 4.72. The molecule has 3 heterocycles. The van der Waals surface area contributed by atoms with Gasteiger partial charge in [0.1, 0.15) is 16.9 Å². The number of ether oxygens (including phenoxy) is 4. The summed E-state index contributed by atoms with van der Waals surface area (Å²) in [6.45, 7) is 4.95. The molecular formula is C27H26ClNO7. The van der Waals surface area contributed by atoms with Crippen LogP contribution in [0.4, 0.5) is 0 Å². The van der Waals surface area contributed by atoms with Gasteiger partial charge in [-0.25, -0.2) is 4.79 Å². The van der Waals surface area contributed by atoms with Crippen molar-refractivity contribution in [2.75, 3.05) is 20.3 Å². The quantitative estimate of drug-likeness (QED) is 0.449. The molecule has 0 bridgehead atoms. The monoisotopic (exact) mass is 511 g/mol. The minimum absolute atomic E-state index is 0.343. The van der Waals surface area contributed by atoms with E-state index < -0.39 is 23.2 Å². The van der Waals surface area contributed by atoms with Crippen LogP contribution in [0.3, 0.4) is 0 Å². The number of fused-ring (bicyclic) bond motifs is 5. The predicted octanol–water partition coefficient (Wildman–Crippen LogP) is 4.94. The number of halogens is 1. The largest absolute Gasteiger partial charge is 0.489 e. The van der Waals surface area contributed by atoms with E-state index in [0.717, 1.165) is 5.56 Å². The predicted molar refractivity (Wildman–Crippen MR) is 134 cm³/mol. The lowest BCUT2D eigenvalue weighted by Crippen LogP contribution is -2.28. The van der Waals surface area contributed by atoms with Crippen molar-refractivity contribution in [1.29, 1.82) is 0 Å². The number of aromatic nitrogens is 1. The van der Waals surface area contributed by atoms with E-state index in [-0.39, 0.29) is 5.56 Å². The number of carbonyl (C=O) groups is 1. The number of benzene rings is 2. The molecule has 1 N–H and O–H groups in total. The summed E-state index contributed by atoms with van der Waals surface area (Å²) in [4.78, 5) is 24.6. The van der Waals surface area contributed by atoms with Crippen molar-refractivity contribution in [3.63, 3.8) is 0 Å². The summed E-state index contributed by atoms with van der Waals surface area (Å²) in [6.07, 6.45) is 1.84. The fourth-order valence-corrected chi connectivity index (χ4v) is 4.92. The van der Waals surface area contributed by atoms with Crippen LogP contribution in [0.2, 0.25) is 5.02 Å². The van der Waals surface area contributed by atoms with Gasteiger partial charge < -0.3 is 28.6 Å². The second-order valence-electron chi connectivity index (χ2n) is 9.46. The standard InChI is InChI=1S/C27H26ClNO7/c1-27(2)13-17-23-19-11-20(30)18(26(31)32)14-29(19)25(15-6-4-7-16(28)10-15)35-21(23)12-22(24(17)36-27)34-9-5-8-33-3/h4,6-7,10-12,14,25H,5,8-9,13H2,1-3H3,(H,31,32). The third-order valence-electron chi connectivity index (χ3n) is 6.23. The fraction of sp³-hybridized carbons (Fsp3) is 0.333. The van der Waals surface area contributed by atoms with Crippen molar-refractivity contribution in [2.45, 2.75) is 38.5 Å². The molecule has 0 radical (unpaired) electrons. The number of nitrogens with zero attached hydrogens (tertiary/aromatic N) is 1. The Labute approximate surface area is 212 Å². The minimum atomic E-state index is -1.31. The Morgan fingerprint density at radius 3 is 2.78 bits per heavy atom. The first kappa shape index (κ1) is 24.2. The van der Waals surface area contributed by atoms with Crippen LogP contribution in [0.25, 0.3) is 11.3 Å². The van der Waals surface area contributed by atoms with Crippen LogP contribution in [0.15, 0.2) is 47.4 Å². The zero-order valence-electron chi connectivity index (χ0n) is 20.2. The van der Waals surface area contributed by atoms with Crippen molar-refractivity contribution < 1.29 is 28.8 Å². The Balaban J connectivity index is 1.72. The number of carboxylic acid groups (broad SMARTS) is 1. The molecule has 1 aromatic heterocycles. The van der Waals surface area contributed by atoms with Crippen LogP contribution in [-0.2, 0) is 11.2 Å². The normalized spacial score (nSPS) is 16.8. The molecule has 0 aliphatic carbocycles. The van der Waals surface area contributed by atoms with Gasteiger partial charge in [0.05, 0.1) is 12.3 Å². The van der Waals surface area contributed by atoms with Crippen molar-refractivity contribution in [3.8, 4) is 28.5 Å². The molecule has 0 fully saturated rings. The average Bonchev–Trinajstić information content (AvgIpc) is 3.15. The summed E-state index contributed by atoms with van der Waals surface area (Å²) in [5.74, 6) is 0.361. The van der Waals surface area contributed by atoms with E-state index in [1.807, 2.05) is 19.9 Å². The van der Waals surface area contributed by atoms with E-state index in [2.05, 4.69) is 0 Å². The maximum Gasteiger partial charge on any atom is 0.341 e. The summed E-state index contributed by atoms with van der Waals surface area (Å²) in [6, 6.07) is 10.3. The summed E-state index contributed by atoms with van der Waals surface area (Å²) in [7, 11) is 1.64. The maximum absolute atomic E-state index is 12.8. The molecule has 36 heavy (non-hydrogen) atoms. The van der Waals surface area contributed by atoms with Gasteiger partial charge in [-0.1, -0.05) is 23.7 Å². The van der Waals surface area contributed by atoms with Gasteiger partial charge in [0.25, 0.3) is 0 Å². The summed E-state index contributed by atoms with van der Waals surface area (Å²) in [5.41, 5.74) is 1.35. The molecule has 0 saturated carbocycles. The van der Waals surface area contributed by atoms with Gasteiger partial charge in [-0.3, -0.25) is 4.79 Å². The van der Waals surface area contributed by atoms with Crippen LogP contribution in [-0.4, -0.2) is 41.6 Å². The van der Waals surface area contributed by atoms with Crippen molar-refractivity contribution in [1.82, 2.24) is 4.57 Å². The van der Waals surface area contributed by atoms with Crippen LogP contribution in [0.5, 0.6) is 17.2 Å². The third kappa shape index (κ3) is 4.31. The van der Waals surface area contributed by atoms with Gasteiger partial charge in [-0.05, 0) is 26.0 Å². The number of aromatic carboxylic acids is 1. The number of rotatable bonds is 7. The maximum atomic E-state index is 12.8. The number of hydrogen-bond donors (Lipinski definition) is 1. The Bertz CT molecular complexity index is 1410. The second-order valence-corrected chi connectivity index (χ2v) is 9.90. The lowest BCUT2D eigenvalue weighted by atomic mass is 9.93. The first-order valence-electron chi connectivity index (χ1n) is 11.6. The topological polar surface area (TPSA) is 96.2 Å². The molecule has 2 aromatic carbocycles. The Morgan fingerprint density at radius 1 is 1.25 bits per heavy atom. The minimum Gasteiger partial charge on any atom is -0.489 e. The number of methoxy groups -OCH3 is 1. The van der Waals surface area contributed by atoms with E-state index in [1.165, 1.54) is 12.3 Å². The molecule has 1 atom stereocenters. The SMILES string of the molecule is COCCCOc1cc2c(c3c1OC(C)(C)C3)-c1cc(=O)c(C(=O)O)cn1C(c1cccc(Cl)c1)O2. The van der Waals surface area contributed by atoms with E-state index in [0.29, 0.717) is 65.1 Å². The van der Waals surface area contributed by atoms with Crippen LogP contribution in [0, 0.1) is 0 Å². The van der Waals surface area contributed by atoms with Crippen molar-refractivity contribution in [3.05, 3.63) is 74.5 Å². The molecule has 2 aliphatic rings. The summed E-state index contributed by atoms with van der Waals surface area (Å²) >= 11 is 6.26. The number of pyridine rings is 1. The molecule has 0 amide bonds. The Kier molecular flexibility index (Phi) is 6.18. The average molecular weight is 512 g/mol. The molecule has 8 nitrogen and oxygen atoms in total. The molecule has 9 heteroatoms. The molecular weight excluding hydrogens is 486 g/mol. The molecule has 0 spiro atoms.